The third kappa shape index (κ3) is 3.94. The molecule has 0 unspecified atom stereocenters. The van der Waals surface area contributed by atoms with Crippen LogP contribution in [0.4, 0.5) is 8.78 Å². The van der Waals surface area contributed by atoms with Crippen LogP contribution in [0.15, 0.2) is 72.8 Å². The first-order valence-electron chi connectivity index (χ1n) is 8.93. The van der Waals surface area contributed by atoms with Gasteiger partial charge in [0.2, 0.25) is 0 Å². The maximum Gasteiger partial charge on any atom is 0.142 e. The molecule has 0 radical (unpaired) electrons. The summed E-state index contributed by atoms with van der Waals surface area (Å²) in [6.45, 7) is 1.71. The minimum Gasteiger partial charge on any atom is -0.408 e. The van der Waals surface area contributed by atoms with Crippen LogP contribution in [-0.2, 0) is 0 Å². The topological polar surface area (TPSA) is 9.23 Å². The minimum absolute atomic E-state index is 0.0113. The average Bonchev–Trinajstić information content (AvgIpc) is 2.73. The highest BCUT2D eigenvalue weighted by Gasteiger charge is 2.10. The van der Waals surface area contributed by atoms with E-state index in [1.807, 2.05) is 42.5 Å². The van der Waals surface area contributed by atoms with Crippen LogP contribution in [0.25, 0.3) is 33.0 Å². The van der Waals surface area contributed by atoms with Crippen LogP contribution >= 0.6 is 11.6 Å². The van der Waals surface area contributed by atoms with Gasteiger partial charge in [-0.2, -0.15) is 0 Å². The first-order chi connectivity index (χ1) is 14.0. The Morgan fingerprint density at radius 2 is 1.38 bits per heavy atom. The van der Waals surface area contributed by atoms with Gasteiger partial charge < -0.3 is 4.74 Å². The summed E-state index contributed by atoms with van der Waals surface area (Å²) in [6.07, 6.45) is 2.58. The van der Waals surface area contributed by atoms with Crippen LogP contribution in [-0.4, -0.2) is 0 Å². The van der Waals surface area contributed by atoms with Crippen molar-refractivity contribution in [2.75, 3.05) is 0 Å². The highest BCUT2D eigenvalue weighted by Crippen LogP contribution is 2.32. The van der Waals surface area contributed by atoms with Crippen LogP contribution in [0, 0.1) is 23.7 Å². The number of benzene rings is 4. The average molecular weight is 405 g/mol. The number of halogens is 3. The molecule has 29 heavy (non-hydrogen) atoms. The van der Waals surface area contributed by atoms with E-state index in [0.717, 1.165) is 21.9 Å². The van der Waals surface area contributed by atoms with Crippen molar-refractivity contribution in [1.29, 1.82) is 0 Å². The summed E-state index contributed by atoms with van der Waals surface area (Å²) < 4.78 is 33.8. The quantitative estimate of drug-likeness (QED) is 0.322. The third-order valence-electron chi connectivity index (χ3n) is 4.62. The SMILES string of the molecule is CC#COc1ccc2cc(-c3ccc(-c4ccc(Cl)c(F)c4)c(F)c3)ccc2c1. The van der Waals surface area contributed by atoms with Gasteiger partial charge in [-0.25, -0.2) is 8.78 Å². The van der Waals surface area contributed by atoms with E-state index in [1.165, 1.54) is 18.2 Å². The molecule has 0 aliphatic rings. The van der Waals surface area contributed by atoms with E-state index in [0.29, 0.717) is 16.9 Å². The molecule has 0 amide bonds. The summed E-state index contributed by atoms with van der Waals surface area (Å²) in [5.74, 6) is 2.36. The molecule has 0 heterocycles. The maximum atomic E-state index is 14.8. The summed E-state index contributed by atoms with van der Waals surface area (Å²) in [7, 11) is 0. The molecule has 0 aliphatic heterocycles. The summed E-state index contributed by atoms with van der Waals surface area (Å²) >= 11 is 5.71. The van der Waals surface area contributed by atoms with Gasteiger partial charge in [0.1, 0.15) is 23.5 Å². The van der Waals surface area contributed by atoms with Crippen LogP contribution in [0.3, 0.4) is 0 Å². The molecule has 0 fully saturated rings. The van der Waals surface area contributed by atoms with Crippen molar-refractivity contribution in [3.05, 3.63) is 89.5 Å². The fourth-order valence-corrected chi connectivity index (χ4v) is 3.29. The van der Waals surface area contributed by atoms with Gasteiger partial charge in [0.25, 0.3) is 0 Å². The Hall–Kier alpha value is -3.35. The Morgan fingerprint density at radius 3 is 2.14 bits per heavy atom. The number of fused-ring (bicyclic) bond motifs is 1. The highest BCUT2D eigenvalue weighted by atomic mass is 35.5. The minimum atomic E-state index is -0.574. The van der Waals surface area contributed by atoms with Crippen molar-refractivity contribution in [3.63, 3.8) is 0 Å². The zero-order valence-electron chi connectivity index (χ0n) is 15.5. The second-order valence-electron chi connectivity index (χ2n) is 6.50. The molecule has 0 atom stereocenters. The molecule has 4 rings (SSSR count). The second kappa shape index (κ2) is 7.95. The number of hydrogen-bond acceptors (Lipinski definition) is 1. The molecule has 4 heteroatoms. The van der Waals surface area contributed by atoms with Gasteiger partial charge in [0.05, 0.1) is 5.02 Å². The smallest absolute Gasteiger partial charge is 0.142 e. The molecule has 0 spiro atoms. The van der Waals surface area contributed by atoms with Crippen molar-refractivity contribution >= 4 is 22.4 Å². The van der Waals surface area contributed by atoms with Crippen molar-refractivity contribution in [3.8, 4) is 40.0 Å². The van der Waals surface area contributed by atoms with Crippen molar-refractivity contribution in [2.45, 2.75) is 6.92 Å². The monoisotopic (exact) mass is 404 g/mol. The van der Waals surface area contributed by atoms with Gasteiger partial charge in [-0.15, -0.1) is 0 Å². The third-order valence-corrected chi connectivity index (χ3v) is 4.92. The molecule has 0 aromatic heterocycles. The van der Waals surface area contributed by atoms with Gasteiger partial charge >= 0.3 is 0 Å². The lowest BCUT2D eigenvalue weighted by atomic mass is 9.97. The van der Waals surface area contributed by atoms with Crippen LogP contribution in [0.5, 0.6) is 5.75 Å². The fraction of sp³-hybridized carbons (Fsp3) is 0.0400. The van der Waals surface area contributed by atoms with E-state index in [1.54, 1.807) is 19.1 Å². The van der Waals surface area contributed by atoms with Crippen LogP contribution < -0.4 is 4.74 Å². The summed E-state index contributed by atoms with van der Waals surface area (Å²) in [6, 6.07) is 20.7. The fourth-order valence-electron chi connectivity index (χ4n) is 3.17. The van der Waals surface area contributed by atoms with Gasteiger partial charge in [0, 0.05) is 12.5 Å². The standard InChI is InChI=1S/C25H15ClF2O/c1-2-11-29-21-8-5-17-12-16(3-4-18(17)13-21)19-6-9-22(24(27)14-19)20-7-10-23(26)25(28)15-20/h3-10,12-15H,1H3. The van der Waals surface area contributed by atoms with E-state index in [4.69, 9.17) is 16.3 Å². The largest absolute Gasteiger partial charge is 0.408 e. The normalized spacial score (nSPS) is 10.5. The van der Waals surface area contributed by atoms with E-state index >= 15 is 0 Å². The van der Waals surface area contributed by atoms with Crippen molar-refractivity contribution < 1.29 is 13.5 Å². The Bertz CT molecular complexity index is 1290. The van der Waals surface area contributed by atoms with E-state index in [-0.39, 0.29) is 5.02 Å². The van der Waals surface area contributed by atoms with Gasteiger partial charge in [0.15, 0.2) is 0 Å². The number of rotatable bonds is 3. The zero-order chi connectivity index (χ0) is 20.4. The first kappa shape index (κ1) is 19.0. The Balaban J connectivity index is 1.68. The lowest BCUT2D eigenvalue weighted by Gasteiger charge is -2.09. The second-order valence-corrected chi connectivity index (χ2v) is 6.91. The molecular weight excluding hydrogens is 390 g/mol. The Kier molecular flexibility index (Phi) is 5.20. The molecule has 0 aliphatic carbocycles. The number of hydrogen-bond donors (Lipinski definition) is 0. The molecule has 4 aromatic carbocycles. The van der Waals surface area contributed by atoms with Crippen molar-refractivity contribution in [2.24, 2.45) is 0 Å². The van der Waals surface area contributed by atoms with Gasteiger partial charge in [-0.05, 0) is 63.9 Å². The summed E-state index contributed by atoms with van der Waals surface area (Å²) in [4.78, 5) is 0. The lowest BCUT2D eigenvalue weighted by molar-refractivity contribution is 0.520. The van der Waals surface area contributed by atoms with Crippen LogP contribution in [0.2, 0.25) is 5.02 Å². The molecule has 0 bridgehead atoms. The Morgan fingerprint density at radius 1 is 0.724 bits per heavy atom. The molecular formula is C25H15ClF2O. The lowest BCUT2D eigenvalue weighted by Crippen LogP contribution is -1.88. The first-order valence-corrected chi connectivity index (χ1v) is 9.31. The van der Waals surface area contributed by atoms with E-state index in [2.05, 4.69) is 12.0 Å². The highest BCUT2D eigenvalue weighted by molar-refractivity contribution is 6.30. The van der Waals surface area contributed by atoms with E-state index < -0.39 is 11.6 Å². The molecule has 4 aromatic rings. The molecule has 0 saturated heterocycles. The predicted octanol–water partition coefficient (Wildman–Crippen LogP) is 7.47. The van der Waals surface area contributed by atoms with E-state index in [9.17, 15) is 8.78 Å². The van der Waals surface area contributed by atoms with Gasteiger partial charge in [-0.1, -0.05) is 53.9 Å². The number of ether oxygens (including phenoxy) is 1. The predicted molar refractivity (Wildman–Crippen MR) is 114 cm³/mol. The molecule has 0 saturated carbocycles. The van der Waals surface area contributed by atoms with Gasteiger partial charge in [-0.3, -0.25) is 0 Å². The molecule has 142 valence electrons. The summed E-state index contributed by atoms with van der Waals surface area (Å²) in [5, 5.41) is 2.01. The molecule has 1 nitrogen and oxygen atoms in total. The van der Waals surface area contributed by atoms with Crippen LogP contribution in [0.1, 0.15) is 6.92 Å². The maximum absolute atomic E-state index is 14.8. The molecule has 0 N–H and O–H groups in total. The summed E-state index contributed by atoms with van der Waals surface area (Å²) in [5.41, 5.74) is 2.38. The van der Waals surface area contributed by atoms with Crippen molar-refractivity contribution in [1.82, 2.24) is 0 Å². The zero-order valence-corrected chi connectivity index (χ0v) is 16.2. The Labute approximate surface area is 172 Å².